The number of carbonyl (C=O) groups is 1. The Labute approximate surface area is 125 Å². The zero-order chi connectivity index (χ0) is 14.7. The van der Waals surface area contributed by atoms with Crippen LogP contribution in [0.1, 0.15) is 19.3 Å². The SMILES string of the molecule is CN(C)c1ccc(Cl)cc1NC(=O)C1CCCC1CN. The molecule has 1 aromatic carbocycles. The van der Waals surface area contributed by atoms with Crippen LogP contribution in [-0.4, -0.2) is 26.5 Å². The molecule has 1 aromatic rings. The Morgan fingerprint density at radius 1 is 1.45 bits per heavy atom. The number of nitrogens with one attached hydrogen (secondary N) is 1. The maximum Gasteiger partial charge on any atom is 0.227 e. The summed E-state index contributed by atoms with van der Waals surface area (Å²) >= 11 is 6.03. The molecule has 20 heavy (non-hydrogen) atoms. The highest BCUT2D eigenvalue weighted by molar-refractivity contribution is 6.31. The van der Waals surface area contributed by atoms with Gasteiger partial charge in [0.05, 0.1) is 11.4 Å². The second-order valence-electron chi connectivity index (χ2n) is 5.58. The number of halogens is 1. The van der Waals surface area contributed by atoms with Gasteiger partial charge in [-0.05, 0) is 43.5 Å². The Bertz CT molecular complexity index is 490. The fraction of sp³-hybridized carbons (Fsp3) is 0.533. The van der Waals surface area contributed by atoms with Crippen molar-refractivity contribution in [2.45, 2.75) is 19.3 Å². The molecule has 2 rings (SSSR count). The lowest BCUT2D eigenvalue weighted by Crippen LogP contribution is -2.30. The van der Waals surface area contributed by atoms with Gasteiger partial charge in [0, 0.05) is 25.0 Å². The smallest absolute Gasteiger partial charge is 0.227 e. The molecule has 5 heteroatoms. The summed E-state index contributed by atoms with van der Waals surface area (Å²) in [4.78, 5) is 14.4. The molecule has 1 fully saturated rings. The van der Waals surface area contributed by atoms with Crippen LogP contribution in [0.15, 0.2) is 18.2 Å². The molecule has 1 aliphatic rings. The monoisotopic (exact) mass is 295 g/mol. The van der Waals surface area contributed by atoms with E-state index in [2.05, 4.69) is 5.32 Å². The minimum atomic E-state index is 0.0222. The van der Waals surface area contributed by atoms with Crippen molar-refractivity contribution in [1.29, 1.82) is 0 Å². The molecule has 0 saturated heterocycles. The second-order valence-corrected chi connectivity index (χ2v) is 6.01. The van der Waals surface area contributed by atoms with Crippen LogP contribution in [0.4, 0.5) is 11.4 Å². The minimum absolute atomic E-state index is 0.0222. The molecule has 0 spiro atoms. The number of hydrogen-bond donors (Lipinski definition) is 2. The summed E-state index contributed by atoms with van der Waals surface area (Å²) in [5.41, 5.74) is 7.46. The van der Waals surface area contributed by atoms with Crippen molar-refractivity contribution in [3.05, 3.63) is 23.2 Å². The molecule has 0 radical (unpaired) electrons. The summed E-state index contributed by atoms with van der Waals surface area (Å²) < 4.78 is 0. The van der Waals surface area contributed by atoms with E-state index in [9.17, 15) is 4.79 Å². The molecule has 1 amide bonds. The highest BCUT2D eigenvalue weighted by Crippen LogP contribution is 2.34. The van der Waals surface area contributed by atoms with Crippen LogP contribution in [0.5, 0.6) is 0 Å². The number of rotatable bonds is 4. The van der Waals surface area contributed by atoms with Crippen molar-refractivity contribution >= 4 is 28.9 Å². The molecule has 0 bridgehead atoms. The summed E-state index contributed by atoms with van der Waals surface area (Å²) in [6.45, 7) is 0.578. The first-order chi connectivity index (χ1) is 9.52. The molecule has 0 aliphatic heterocycles. The number of hydrogen-bond acceptors (Lipinski definition) is 3. The molecule has 0 aromatic heterocycles. The molecule has 110 valence electrons. The van der Waals surface area contributed by atoms with E-state index in [0.717, 1.165) is 30.6 Å². The zero-order valence-corrected chi connectivity index (χ0v) is 12.8. The first kappa shape index (κ1) is 15.1. The standard InChI is InChI=1S/C15H22ClN3O/c1-19(2)14-7-6-11(16)8-13(14)18-15(20)12-5-3-4-10(12)9-17/h6-8,10,12H,3-5,9,17H2,1-2H3,(H,18,20). The molecular formula is C15H22ClN3O. The first-order valence-electron chi connectivity index (χ1n) is 7.00. The normalized spacial score (nSPS) is 21.8. The molecular weight excluding hydrogens is 274 g/mol. The maximum absolute atomic E-state index is 12.4. The van der Waals surface area contributed by atoms with Crippen LogP contribution in [-0.2, 0) is 4.79 Å². The van der Waals surface area contributed by atoms with Crippen molar-refractivity contribution in [3.8, 4) is 0 Å². The quantitative estimate of drug-likeness (QED) is 0.898. The lowest BCUT2D eigenvalue weighted by molar-refractivity contribution is -0.120. The van der Waals surface area contributed by atoms with Gasteiger partial charge < -0.3 is 16.0 Å². The highest BCUT2D eigenvalue weighted by Gasteiger charge is 2.32. The third-order valence-electron chi connectivity index (χ3n) is 4.00. The number of anilines is 2. The molecule has 4 nitrogen and oxygen atoms in total. The van der Waals surface area contributed by atoms with Crippen LogP contribution in [0, 0.1) is 11.8 Å². The van der Waals surface area contributed by atoms with Crippen LogP contribution in [0.25, 0.3) is 0 Å². The predicted molar refractivity (Wildman–Crippen MR) is 84.3 cm³/mol. The average molecular weight is 296 g/mol. The molecule has 1 saturated carbocycles. The van der Waals surface area contributed by atoms with Gasteiger partial charge in [0.2, 0.25) is 5.91 Å². The minimum Gasteiger partial charge on any atom is -0.376 e. The average Bonchev–Trinajstić information content (AvgIpc) is 2.86. The van der Waals surface area contributed by atoms with Gasteiger partial charge in [0.1, 0.15) is 0 Å². The van der Waals surface area contributed by atoms with Gasteiger partial charge in [0.15, 0.2) is 0 Å². The van der Waals surface area contributed by atoms with Crippen molar-refractivity contribution < 1.29 is 4.79 Å². The molecule has 2 atom stereocenters. The van der Waals surface area contributed by atoms with Crippen LogP contribution in [0.2, 0.25) is 5.02 Å². The van der Waals surface area contributed by atoms with Crippen molar-refractivity contribution in [1.82, 2.24) is 0 Å². The molecule has 1 aliphatic carbocycles. The maximum atomic E-state index is 12.4. The van der Waals surface area contributed by atoms with E-state index in [1.54, 1.807) is 6.07 Å². The van der Waals surface area contributed by atoms with E-state index in [-0.39, 0.29) is 11.8 Å². The Morgan fingerprint density at radius 3 is 2.85 bits per heavy atom. The van der Waals surface area contributed by atoms with Gasteiger partial charge >= 0.3 is 0 Å². The highest BCUT2D eigenvalue weighted by atomic mass is 35.5. The zero-order valence-electron chi connectivity index (χ0n) is 12.0. The van der Waals surface area contributed by atoms with Crippen LogP contribution >= 0.6 is 11.6 Å². The van der Waals surface area contributed by atoms with E-state index in [1.807, 2.05) is 31.1 Å². The summed E-state index contributed by atoms with van der Waals surface area (Å²) in [7, 11) is 3.88. The van der Waals surface area contributed by atoms with Crippen molar-refractivity contribution in [2.24, 2.45) is 17.6 Å². The van der Waals surface area contributed by atoms with Gasteiger partial charge in [-0.25, -0.2) is 0 Å². The Morgan fingerprint density at radius 2 is 2.20 bits per heavy atom. The molecule has 2 unspecified atom stereocenters. The second kappa shape index (κ2) is 6.46. The largest absolute Gasteiger partial charge is 0.376 e. The number of nitrogens with zero attached hydrogens (tertiary/aromatic N) is 1. The van der Waals surface area contributed by atoms with Crippen LogP contribution in [0.3, 0.4) is 0 Å². The fourth-order valence-corrected chi connectivity index (χ4v) is 3.06. The van der Waals surface area contributed by atoms with Gasteiger partial charge in [-0.3, -0.25) is 4.79 Å². The number of carbonyl (C=O) groups excluding carboxylic acids is 1. The van der Waals surface area contributed by atoms with Crippen molar-refractivity contribution in [3.63, 3.8) is 0 Å². The predicted octanol–water partition coefficient (Wildman–Crippen LogP) is 2.72. The number of nitrogens with two attached hydrogens (primary N) is 1. The first-order valence-corrected chi connectivity index (χ1v) is 7.38. The Balaban J connectivity index is 2.17. The van der Waals surface area contributed by atoms with E-state index >= 15 is 0 Å². The summed E-state index contributed by atoms with van der Waals surface area (Å²) in [6.07, 6.45) is 3.05. The van der Waals surface area contributed by atoms with E-state index in [0.29, 0.717) is 17.5 Å². The molecule has 0 heterocycles. The van der Waals surface area contributed by atoms with E-state index < -0.39 is 0 Å². The third-order valence-corrected chi connectivity index (χ3v) is 4.23. The lowest BCUT2D eigenvalue weighted by atomic mass is 9.95. The van der Waals surface area contributed by atoms with E-state index in [1.165, 1.54) is 0 Å². The van der Waals surface area contributed by atoms with Crippen molar-refractivity contribution in [2.75, 3.05) is 30.9 Å². The van der Waals surface area contributed by atoms with Gasteiger partial charge in [0.25, 0.3) is 0 Å². The van der Waals surface area contributed by atoms with Crippen LogP contribution < -0.4 is 16.0 Å². The fourth-order valence-electron chi connectivity index (χ4n) is 2.89. The topological polar surface area (TPSA) is 58.4 Å². The van der Waals surface area contributed by atoms with Gasteiger partial charge in [-0.2, -0.15) is 0 Å². The number of amides is 1. The molecule has 3 N–H and O–H groups in total. The summed E-state index contributed by atoms with van der Waals surface area (Å²) in [5.74, 6) is 0.384. The summed E-state index contributed by atoms with van der Waals surface area (Å²) in [6, 6.07) is 5.53. The van der Waals surface area contributed by atoms with E-state index in [4.69, 9.17) is 17.3 Å². The lowest BCUT2D eigenvalue weighted by Gasteiger charge is -2.21. The Kier molecular flexibility index (Phi) is 4.89. The number of benzene rings is 1. The third kappa shape index (κ3) is 3.25. The Hall–Kier alpha value is -1.26. The van der Waals surface area contributed by atoms with Gasteiger partial charge in [-0.1, -0.05) is 18.0 Å². The summed E-state index contributed by atoms with van der Waals surface area (Å²) in [5, 5.41) is 3.64. The van der Waals surface area contributed by atoms with Gasteiger partial charge in [-0.15, -0.1) is 0 Å².